The maximum absolute atomic E-state index is 12.3. The van der Waals surface area contributed by atoms with Crippen LogP contribution in [-0.2, 0) is 4.79 Å². The summed E-state index contributed by atoms with van der Waals surface area (Å²) in [5, 5.41) is 17.9. The molecule has 0 bridgehead atoms. The van der Waals surface area contributed by atoms with Crippen LogP contribution < -0.4 is 10.6 Å². The summed E-state index contributed by atoms with van der Waals surface area (Å²) in [5.74, 6) is 0.954. The molecule has 5 nitrogen and oxygen atoms in total. The van der Waals surface area contributed by atoms with Crippen LogP contribution in [0, 0.1) is 6.92 Å². The second kappa shape index (κ2) is 9.26. The van der Waals surface area contributed by atoms with E-state index in [0.717, 1.165) is 16.5 Å². The third-order valence-corrected chi connectivity index (χ3v) is 5.48. The molecule has 1 amide bonds. The molecule has 1 heterocycles. The van der Waals surface area contributed by atoms with Gasteiger partial charge in [0.15, 0.2) is 5.11 Å². The number of aromatic hydroxyl groups is 1. The highest BCUT2D eigenvalue weighted by molar-refractivity contribution is 7.80. The van der Waals surface area contributed by atoms with Gasteiger partial charge < -0.3 is 14.8 Å². The lowest BCUT2D eigenvalue weighted by Crippen LogP contribution is -2.32. The largest absolute Gasteiger partial charge is 0.507 e. The number of thiocarbonyl (C=S) groups is 1. The number of amides is 1. The average Bonchev–Trinajstić information content (AvgIpc) is 3.24. The Morgan fingerprint density at radius 3 is 2.66 bits per heavy atom. The standard InChI is InChI=1S/C25H19ClN2O3S/c1-15-8-9-16(14-20(15)26)23-12-10-17(31-23)11-13-24(30)28-25(32)27-21-6-2-5-19-18(21)4-3-7-22(19)29/h2-14,29H,1H3,(H2,27,28,30,32)/b13-11+. The summed E-state index contributed by atoms with van der Waals surface area (Å²) in [6, 6.07) is 19.9. The zero-order valence-electron chi connectivity index (χ0n) is 17.1. The Morgan fingerprint density at radius 2 is 1.84 bits per heavy atom. The topological polar surface area (TPSA) is 74.5 Å². The van der Waals surface area contributed by atoms with Gasteiger partial charge in [0.1, 0.15) is 17.3 Å². The normalized spacial score (nSPS) is 11.1. The number of benzene rings is 3. The first-order valence-electron chi connectivity index (χ1n) is 9.78. The van der Waals surface area contributed by atoms with Crippen molar-refractivity contribution in [2.75, 3.05) is 5.32 Å². The van der Waals surface area contributed by atoms with E-state index in [-0.39, 0.29) is 10.9 Å². The molecule has 0 unspecified atom stereocenters. The van der Waals surface area contributed by atoms with Crippen molar-refractivity contribution in [1.29, 1.82) is 0 Å². The quantitative estimate of drug-likeness (QED) is 0.245. The van der Waals surface area contributed by atoms with Crippen LogP contribution in [0.3, 0.4) is 0 Å². The number of anilines is 1. The molecule has 160 valence electrons. The second-order valence-electron chi connectivity index (χ2n) is 7.12. The molecule has 3 N–H and O–H groups in total. The Kier molecular flexibility index (Phi) is 6.25. The number of halogens is 1. The summed E-state index contributed by atoms with van der Waals surface area (Å²) in [6.45, 7) is 1.93. The van der Waals surface area contributed by atoms with Crippen LogP contribution in [0.15, 0.2) is 77.2 Å². The fraction of sp³-hybridized carbons (Fsp3) is 0.0400. The van der Waals surface area contributed by atoms with Crippen LogP contribution in [0.4, 0.5) is 5.69 Å². The number of aryl methyl sites for hydroxylation is 1. The van der Waals surface area contributed by atoms with Gasteiger partial charge in [-0.3, -0.25) is 10.1 Å². The van der Waals surface area contributed by atoms with Crippen LogP contribution in [0.25, 0.3) is 28.2 Å². The van der Waals surface area contributed by atoms with Crippen molar-refractivity contribution >= 4 is 57.4 Å². The van der Waals surface area contributed by atoms with Crippen molar-refractivity contribution in [2.45, 2.75) is 6.92 Å². The van der Waals surface area contributed by atoms with Gasteiger partial charge in [-0.25, -0.2) is 0 Å². The monoisotopic (exact) mass is 462 g/mol. The molecule has 3 aromatic carbocycles. The van der Waals surface area contributed by atoms with Crippen LogP contribution in [0.2, 0.25) is 5.02 Å². The highest BCUT2D eigenvalue weighted by atomic mass is 35.5. The fourth-order valence-electron chi connectivity index (χ4n) is 3.21. The number of phenolic OH excluding ortho intramolecular Hbond substituents is 1. The summed E-state index contributed by atoms with van der Waals surface area (Å²) >= 11 is 11.4. The lowest BCUT2D eigenvalue weighted by Gasteiger charge is -2.11. The van der Waals surface area contributed by atoms with E-state index in [1.807, 2.05) is 49.4 Å². The van der Waals surface area contributed by atoms with Crippen molar-refractivity contribution in [3.05, 3.63) is 89.2 Å². The Hall–Kier alpha value is -3.61. The van der Waals surface area contributed by atoms with Gasteiger partial charge in [0.05, 0.1) is 0 Å². The number of phenols is 1. The van der Waals surface area contributed by atoms with Gasteiger partial charge in [-0.2, -0.15) is 0 Å². The van der Waals surface area contributed by atoms with Crippen molar-refractivity contribution < 1.29 is 14.3 Å². The third kappa shape index (κ3) is 4.82. The van der Waals surface area contributed by atoms with Crippen LogP contribution in [0.5, 0.6) is 5.75 Å². The molecule has 0 aliphatic rings. The van der Waals surface area contributed by atoms with Gasteiger partial charge in [0.25, 0.3) is 0 Å². The molecule has 0 saturated heterocycles. The highest BCUT2D eigenvalue weighted by Crippen LogP contribution is 2.30. The summed E-state index contributed by atoms with van der Waals surface area (Å²) in [6.07, 6.45) is 2.90. The van der Waals surface area contributed by atoms with Crippen molar-refractivity contribution in [1.82, 2.24) is 5.32 Å². The first-order valence-corrected chi connectivity index (χ1v) is 10.6. The molecule has 0 spiro atoms. The van der Waals surface area contributed by atoms with E-state index in [1.165, 1.54) is 6.08 Å². The number of nitrogens with one attached hydrogen (secondary N) is 2. The molecule has 0 atom stereocenters. The van der Waals surface area contributed by atoms with Gasteiger partial charge in [-0.1, -0.05) is 48.0 Å². The first-order chi connectivity index (χ1) is 15.4. The minimum atomic E-state index is -0.401. The number of furan rings is 1. The average molecular weight is 463 g/mol. The molecular weight excluding hydrogens is 444 g/mol. The molecule has 4 rings (SSSR count). The number of fused-ring (bicyclic) bond motifs is 1. The van der Waals surface area contributed by atoms with E-state index in [0.29, 0.717) is 27.6 Å². The predicted octanol–water partition coefficient (Wildman–Crippen LogP) is 6.29. The summed E-state index contributed by atoms with van der Waals surface area (Å²) in [7, 11) is 0. The smallest absolute Gasteiger partial charge is 0.250 e. The fourth-order valence-corrected chi connectivity index (χ4v) is 3.60. The van der Waals surface area contributed by atoms with Crippen molar-refractivity contribution in [3.63, 3.8) is 0 Å². The van der Waals surface area contributed by atoms with Gasteiger partial charge in [0.2, 0.25) is 5.91 Å². The van der Waals surface area contributed by atoms with Crippen molar-refractivity contribution in [2.24, 2.45) is 0 Å². The van der Waals surface area contributed by atoms with Gasteiger partial charge in [-0.15, -0.1) is 0 Å². The molecule has 0 aliphatic carbocycles. The Morgan fingerprint density at radius 1 is 1.06 bits per heavy atom. The minimum absolute atomic E-state index is 0.143. The molecule has 32 heavy (non-hydrogen) atoms. The Balaban J connectivity index is 1.40. The molecule has 0 aliphatic heterocycles. The van der Waals surface area contributed by atoms with Gasteiger partial charge in [0, 0.05) is 33.1 Å². The molecule has 0 saturated carbocycles. The lowest BCUT2D eigenvalue weighted by atomic mass is 10.1. The summed E-state index contributed by atoms with van der Waals surface area (Å²) < 4.78 is 5.78. The minimum Gasteiger partial charge on any atom is -0.507 e. The Bertz CT molecular complexity index is 1360. The Labute approximate surface area is 195 Å². The molecular formula is C25H19ClN2O3S. The van der Waals surface area contributed by atoms with Crippen LogP contribution in [-0.4, -0.2) is 16.1 Å². The highest BCUT2D eigenvalue weighted by Gasteiger charge is 2.08. The van der Waals surface area contributed by atoms with E-state index < -0.39 is 5.91 Å². The molecule has 0 fully saturated rings. The van der Waals surface area contributed by atoms with E-state index >= 15 is 0 Å². The van der Waals surface area contributed by atoms with E-state index in [2.05, 4.69) is 10.6 Å². The summed E-state index contributed by atoms with van der Waals surface area (Å²) in [4.78, 5) is 12.3. The number of carbonyl (C=O) groups is 1. The SMILES string of the molecule is Cc1ccc(-c2ccc(/C=C/C(=O)NC(=S)Nc3cccc4c(O)cccc34)o2)cc1Cl. The zero-order valence-corrected chi connectivity index (χ0v) is 18.6. The van der Waals surface area contributed by atoms with Crippen molar-refractivity contribution in [3.8, 4) is 17.1 Å². The van der Waals surface area contributed by atoms with E-state index in [1.54, 1.807) is 30.3 Å². The first kappa shape index (κ1) is 21.6. The van der Waals surface area contributed by atoms with E-state index in [4.69, 9.17) is 28.2 Å². The third-order valence-electron chi connectivity index (χ3n) is 4.87. The second-order valence-corrected chi connectivity index (χ2v) is 7.94. The maximum atomic E-state index is 12.3. The molecule has 7 heteroatoms. The van der Waals surface area contributed by atoms with E-state index in [9.17, 15) is 9.90 Å². The maximum Gasteiger partial charge on any atom is 0.250 e. The van der Waals surface area contributed by atoms with Crippen LogP contribution in [0.1, 0.15) is 11.3 Å². The molecule has 4 aromatic rings. The summed E-state index contributed by atoms with van der Waals surface area (Å²) in [5.41, 5.74) is 2.53. The van der Waals surface area contributed by atoms with Crippen LogP contribution >= 0.6 is 23.8 Å². The number of rotatable bonds is 4. The van der Waals surface area contributed by atoms with Gasteiger partial charge in [-0.05, 0) is 61.1 Å². The number of hydrogen-bond acceptors (Lipinski definition) is 4. The number of hydrogen-bond donors (Lipinski definition) is 3. The number of carbonyl (C=O) groups excluding carboxylic acids is 1. The lowest BCUT2D eigenvalue weighted by molar-refractivity contribution is -0.115. The van der Waals surface area contributed by atoms with Gasteiger partial charge >= 0.3 is 0 Å². The molecule has 0 radical (unpaired) electrons. The zero-order chi connectivity index (χ0) is 22.7. The predicted molar refractivity (Wildman–Crippen MR) is 133 cm³/mol. The molecule has 1 aromatic heterocycles.